The highest BCUT2D eigenvalue weighted by Gasteiger charge is 2.40. The van der Waals surface area contributed by atoms with E-state index in [1.807, 2.05) is 12.3 Å². The molecule has 2 aliphatic rings. The molecule has 1 aromatic heterocycles. The van der Waals surface area contributed by atoms with E-state index in [-0.39, 0.29) is 17.5 Å². The number of piperidine rings is 1. The van der Waals surface area contributed by atoms with Crippen molar-refractivity contribution in [2.24, 2.45) is 11.3 Å². The minimum atomic E-state index is 0.00164. The Kier molecular flexibility index (Phi) is 7.87. The van der Waals surface area contributed by atoms with Gasteiger partial charge >= 0.3 is 0 Å². The highest BCUT2D eigenvalue weighted by Crippen LogP contribution is 2.35. The van der Waals surface area contributed by atoms with Crippen molar-refractivity contribution in [3.63, 3.8) is 0 Å². The number of hydrogen-bond donors (Lipinski definition) is 1. The molecule has 6 heteroatoms. The van der Waals surface area contributed by atoms with E-state index in [4.69, 9.17) is 0 Å². The smallest absolute Gasteiger partial charge is 0.223 e. The number of nitrogens with one attached hydrogen (secondary N) is 1. The second-order valence-electron chi connectivity index (χ2n) is 10.6. The third-order valence-electron chi connectivity index (χ3n) is 7.20. The largest absolute Gasteiger partial charge is 0.337 e. The molecule has 2 aliphatic heterocycles. The molecule has 1 N–H and O–H groups in total. The fourth-order valence-electron chi connectivity index (χ4n) is 5.33. The second kappa shape index (κ2) is 10.7. The number of benzene rings is 1. The van der Waals surface area contributed by atoms with Crippen LogP contribution in [0.3, 0.4) is 0 Å². The molecule has 2 fully saturated rings. The van der Waals surface area contributed by atoms with Gasteiger partial charge in [-0.2, -0.15) is 0 Å². The van der Waals surface area contributed by atoms with Gasteiger partial charge in [-0.25, -0.2) is 4.98 Å². The molecule has 2 atom stereocenters. The zero-order chi connectivity index (χ0) is 23.4. The van der Waals surface area contributed by atoms with Crippen LogP contribution in [-0.2, 0) is 4.79 Å². The lowest BCUT2D eigenvalue weighted by molar-refractivity contribution is -0.141. The van der Waals surface area contributed by atoms with Crippen LogP contribution in [0.5, 0.6) is 0 Å². The predicted molar refractivity (Wildman–Crippen MR) is 137 cm³/mol. The van der Waals surface area contributed by atoms with Crippen molar-refractivity contribution in [3.8, 4) is 0 Å². The van der Waals surface area contributed by atoms with Gasteiger partial charge in [-0.1, -0.05) is 57.2 Å². The second-order valence-corrected chi connectivity index (χ2v) is 11.4. The van der Waals surface area contributed by atoms with Crippen LogP contribution in [0.2, 0.25) is 0 Å². The van der Waals surface area contributed by atoms with Crippen LogP contribution in [-0.4, -0.2) is 59.5 Å². The number of halogens is 1. The Bertz CT molecular complexity index is 906. The van der Waals surface area contributed by atoms with Gasteiger partial charge in [0, 0.05) is 38.3 Å². The first-order valence-corrected chi connectivity index (χ1v) is 13.0. The summed E-state index contributed by atoms with van der Waals surface area (Å²) in [7, 11) is 0. The Morgan fingerprint density at radius 3 is 2.45 bits per heavy atom. The maximum Gasteiger partial charge on any atom is 0.223 e. The van der Waals surface area contributed by atoms with Crippen molar-refractivity contribution >= 4 is 21.8 Å². The van der Waals surface area contributed by atoms with E-state index in [0.29, 0.717) is 18.2 Å². The third-order valence-corrected chi connectivity index (χ3v) is 7.67. The number of nitrogens with zero attached hydrogens (tertiary/aromatic N) is 3. The summed E-state index contributed by atoms with van der Waals surface area (Å²) in [6.45, 7) is 11.4. The van der Waals surface area contributed by atoms with Gasteiger partial charge in [-0.05, 0) is 70.4 Å². The van der Waals surface area contributed by atoms with Crippen molar-refractivity contribution in [2.45, 2.75) is 52.1 Å². The maximum absolute atomic E-state index is 13.4. The molecular weight excluding hydrogens is 476 g/mol. The fourth-order valence-corrected chi connectivity index (χ4v) is 5.56. The molecule has 33 heavy (non-hydrogen) atoms. The summed E-state index contributed by atoms with van der Waals surface area (Å²) in [5, 5.41) is 3.41. The lowest BCUT2D eigenvalue weighted by Crippen LogP contribution is -2.60. The molecule has 178 valence electrons. The number of pyridine rings is 1. The molecule has 0 bridgehead atoms. The van der Waals surface area contributed by atoms with Crippen LogP contribution in [0.1, 0.15) is 57.2 Å². The van der Waals surface area contributed by atoms with Gasteiger partial charge < -0.3 is 10.2 Å². The Balaban J connectivity index is 1.57. The molecule has 2 aromatic rings. The molecule has 1 amide bonds. The lowest BCUT2D eigenvalue weighted by atomic mass is 9.82. The summed E-state index contributed by atoms with van der Waals surface area (Å²) < 4.78 is 0.846. The highest BCUT2D eigenvalue weighted by atomic mass is 79.9. The van der Waals surface area contributed by atoms with Crippen molar-refractivity contribution in [2.75, 3.05) is 32.7 Å². The first kappa shape index (κ1) is 24.4. The normalized spacial score (nSPS) is 21.7. The van der Waals surface area contributed by atoms with Gasteiger partial charge in [-0.15, -0.1) is 0 Å². The van der Waals surface area contributed by atoms with Crippen LogP contribution in [0.15, 0.2) is 53.3 Å². The van der Waals surface area contributed by atoms with Gasteiger partial charge in [0.1, 0.15) is 4.60 Å². The van der Waals surface area contributed by atoms with Crippen molar-refractivity contribution in [1.82, 2.24) is 20.1 Å². The van der Waals surface area contributed by atoms with E-state index in [2.05, 4.69) is 93.2 Å². The van der Waals surface area contributed by atoms with E-state index < -0.39 is 0 Å². The highest BCUT2D eigenvalue weighted by molar-refractivity contribution is 9.10. The Labute approximate surface area is 207 Å². The van der Waals surface area contributed by atoms with E-state index in [9.17, 15) is 4.79 Å². The summed E-state index contributed by atoms with van der Waals surface area (Å²) >= 11 is 3.47. The number of carbonyl (C=O) groups is 1. The quantitative estimate of drug-likeness (QED) is 0.579. The first-order chi connectivity index (χ1) is 15.8. The van der Waals surface area contributed by atoms with Gasteiger partial charge in [0.05, 0.1) is 6.04 Å². The van der Waals surface area contributed by atoms with Crippen LogP contribution in [0.25, 0.3) is 0 Å². The minimum Gasteiger partial charge on any atom is -0.337 e. The van der Waals surface area contributed by atoms with Crippen molar-refractivity contribution < 1.29 is 4.79 Å². The van der Waals surface area contributed by atoms with Gasteiger partial charge in [-0.3, -0.25) is 9.69 Å². The topological polar surface area (TPSA) is 48.5 Å². The number of rotatable bonds is 5. The van der Waals surface area contributed by atoms with Gasteiger partial charge in [0.15, 0.2) is 0 Å². The summed E-state index contributed by atoms with van der Waals surface area (Å²) in [6.07, 6.45) is 4.88. The number of hydrogen-bond acceptors (Lipinski definition) is 4. The molecule has 0 spiro atoms. The first-order valence-electron chi connectivity index (χ1n) is 12.2. The summed E-state index contributed by atoms with van der Waals surface area (Å²) in [4.78, 5) is 22.7. The molecule has 3 heterocycles. The lowest BCUT2D eigenvalue weighted by Gasteiger charge is -2.49. The van der Waals surface area contributed by atoms with Crippen molar-refractivity contribution in [3.05, 3.63) is 64.4 Å². The average Bonchev–Trinajstić information content (AvgIpc) is 2.81. The predicted octanol–water partition coefficient (Wildman–Crippen LogP) is 4.88. The van der Waals surface area contributed by atoms with Crippen LogP contribution >= 0.6 is 15.9 Å². The van der Waals surface area contributed by atoms with Crippen LogP contribution in [0.4, 0.5) is 0 Å². The summed E-state index contributed by atoms with van der Waals surface area (Å²) in [5.74, 6) is 0.853. The molecule has 2 saturated heterocycles. The molecule has 0 saturated carbocycles. The average molecular weight is 514 g/mol. The monoisotopic (exact) mass is 512 g/mol. The maximum atomic E-state index is 13.4. The number of amides is 1. The number of carbonyl (C=O) groups excluding carboxylic acids is 1. The Morgan fingerprint density at radius 2 is 1.82 bits per heavy atom. The zero-order valence-electron chi connectivity index (χ0n) is 20.1. The molecule has 0 aliphatic carbocycles. The van der Waals surface area contributed by atoms with E-state index in [1.165, 1.54) is 11.1 Å². The SMILES string of the molecule is CC(C)(C)[C@H]1CN(C(c2ccccc2)c2ccc(Br)nc2)CCN1C(=O)CC1CCNCC1. The van der Waals surface area contributed by atoms with Gasteiger partial charge in [0.25, 0.3) is 0 Å². The van der Waals surface area contributed by atoms with Crippen LogP contribution in [0, 0.1) is 11.3 Å². The molecule has 1 unspecified atom stereocenters. The van der Waals surface area contributed by atoms with Crippen molar-refractivity contribution in [1.29, 1.82) is 0 Å². The van der Waals surface area contributed by atoms with E-state index >= 15 is 0 Å². The van der Waals surface area contributed by atoms with Gasteiger partial charge in [0.2, 0.25) is 5.91 Å². The zero-order valence-corrected chi connectivity index (χ0v) is 21.7. The minimum absolute atomic E-state index is 0.00164. The third kappa shape index (κ3) is 6.03. The molecule has 0 radical (unpaired) electrons. The Hall–Kier alpha value is -1.76. The molecule has 5 nitrogen and oxygen atoms in total. The Morgan fingerprint density at radius 1 is 1.09 bits per heavy atom. The summed E-state index contributed by atoms with van der Waals surface area (Å²) in [5.41, 5.74) is 2.46. The number of aromatic nitrogens is 1. The molecule has 1 aromatic carbocycles. The van der Waals surface area contributed by atoms with E-state index in [0.717, 1.165) is 50.2 Å². The number of piperazine rings is 1. The summed E-state index contributed by atoms with van der Waals surface area (Å²) in [6, 6.07) is 15.2. The van der Waals surface area contributed by atoms with E-state index in [1.54, 1.807) is 0 Å². The van der Waals surface area contributed by atoms with Crippen LogP contribution < -0.4 is 5.32 Å². The fraction of sp³-hybridized carbons (Fsp3) is 0.556. The molecule has 4 rings (SSSR count). The molecular formula is C27H37BrN4O. The standard InChI is InChI=1S/C27H37BrN4O/c1-27(2,3)23-19-31(15-16-32(23)25(33)17-20-11-13-29-14-12-20)26(21-7-5-4-6-8-21)22-9-10-24(28)30-18-22/h4-10,18,20,23,26,29H,11-17,19H2,1-3H3/t23-,26?/m1/s1.